The second kappa shape index (κ2) is 11.4. The predicted molar refractivity (Wildman–Crippen MR) is 107 cm³/mol. The molecule has 0 fully saturated rings. The Bertz CT molecular complexity index is 838. The monoisotopic (exact) mass is 383 g/mol. The Hall–Kier alpha value is -3.35. The lowest BCUT2D eigenvalue weighted by Gasteiger charge is -2.14. The van der Waals surface area contributed by atoms with Gasteiger partial charge in [-0.05, 0) is 30.2 Å². The molecule has 3 N–H and O–H groups in total. The molecule has 28 heavy (non-hydrogen) atoms. The first kappa shape index (κ1) is 21.0. The van der Waals surface area contributed by atoms with Crippen LogP contribution >= 0.6 is 0 Å². The van der Waals surface area contributed by atoms with Crippen molar-refractivity contribution in [2.75, 3.05) is 6.61 Å². The maximum absolute atomic E-state index is 11.6. The number of amides is 1. The van der Waals surface area contributed by atoms with E-state index < -0.39 is 18.1 Å². The van der Waals surface area contributed by atoms with E-state index >= 15 is 0 Å². The van der Waals surface area contributed by atoms with Crippen molar-refractivity contribution >= 4 is 23.0 Å². The standard InChI is InChI=1S/C16H20N2O4.C5H5N/c1-2-3-8-22-16(21)18-14(15(19)20)9-11-10-17-13-7-5-4-6-12(11)13;1-2-4-6-5-3-1/h4-7,10,14,17H,2-3,8-9H2,1H3,(H,18,21)(H,19,20);1-5H. The van der Waals surface area contributed by atoms with Crippen LogP contribution in [0.4, 0.5) is 4.79 Å². The minimum Gasteiger partial charge on any atom is -0.480 e. The number of benzene rings is 1. The molecule has 2 aromatic heterocycles. The van der Waals surface area contributed by atoms with E-state index in [2.05, 4.69) is 15.3 Å². The fourth-order valence-electron chi connectivity index (χ4n) is 2.53. The fourth-order valence-corrected chi connectivity index (χ4v) is 2.53. The molecule has 0 saturated carbocycles. The summed E-state index contributed by atoms with van der Waals surface area (Å²) in [6, 6.07) is 12.3. The van der Waals surface area contributed by atoms with Gasteiger partial charge < -0.3 is 20.1 Å². The molecule has 148 valence electrons. The molecule has 7 heteroatoms. The summed E-state index contributed by atoms with van der Waals surface area (Å²) < 4.78 is 4.95. The molecular formula is C21H25N3O4. The van der Waals surface area contributed by atoms with Gasteiger partial charge in [0.25, 0.3) is 0 Å². The molecule has 1 amide bonds. The normalized spacial score (nSPS) is 11.2. The zero-order valence-corrected chi connectivity index (χ0v) is 15.8. The van der Waals surface area contributed by atoms with Crippen molar-refractivity contribution in [2.24, 2.45) is 0 Å². The highest BCUT2D eigenvalue weighted by Crippen LogP contribution is 2.19. The van der Waals surface area contributed by atoms with E-state index in [1.807, 2.05) is 49.4 Å². The van der Waals surface area contributed by atoms with E-state index in [0.717, 1.165) is 29.3 Å². The molecule has 3 aromatic rings. The van der Waals surface area contributed by atoms with Gasteiger partial charge in [0.05, 0.1) is 6.61 Å². The number of rotatable bonds is 7. The number of carbonyl (C=O) groups excluding carboxylic acids is 1. The molecule has 3 rings (SSSR count). The molecule has 1 unspecified atom stereocenters. The molecule has 0 aliphatic heterocycles. The van der Waals surface area contributed by atoms with Crippen LogP contribution in [0.2, 0.25) is 0 Å². The summed E-state index contributed by atoms with van der Waals surface area (Å²) in [7, 11) is 0. The summed E-state index contributed by atoms with van der Waals surface area (Å²) in [6.45, 7) is 2.28. The Labute approximate surface area is 163 Å². The van der Waals surface area contributed by atoms with E-state index in [9.17, 15) is 14.7 Å². The Morgan fingerprint density at radius 1 is 1.18 bits per heavy atom. The second-order valence-corrected chi connectivity index (χ2v) is 6.11. The van der Waals surface area contributed by atoms with Gasteiger partial charge in [0, 0.05) is 35.9 Å². The van der Waals surface area contributed by atoms with E-state index in [4.69, 9.17) is 4.74 Å². The number of carbonyl (C=O) groups is 2. The van der Waals surface area contributed by atoms with E-state index in [1.54, 1.807) is 18.6 Å². The average Bonchev–Trinajstić information content (AvgIpc) is 3.12. The largest absolute Gasteiger partial charge is 0.480 e. The highest BCUT2D eigenvalue weighted by molar-refractivity contribution is 5.85. The molecule has 1 aromatic carbocycles. The summed E-state index contributed by atoms with van der Waals surface area (Å²) in [6.07, 6.45) is 6.44. The van der Waals surface area contributed by atoms with Crippen molar-refractivity contribution in [1.82, 2.24) is 15.3 Å². The highest BCUT2D eigenvalue weighted by Gasteiger charge is 2.22. The number of aromatic amines is 1. The number of aromatic nitrogens is 2. The van der Waals surface area contributed by atoms with Crippen LogP contribution in [0.15, 0.2) is 61.1 Å². The first-order valence-corrected chi connectivity index (χ1v) is 9.18. The van der Waals surface area contributed by atoms with Gasteiger partial charge in [0.1, 0.15) is 6.04 Å². The van der Waals surface area contributed by atoms with Gasteiger partial charge in [0.2, 0.25) is 0 Å². The van der Waals surface area contributed by atoms with Crippen molar-refractivity contribution < 1.29 is 19.4 Å². The zero-order valence-electron chi connectivity index (χ0n) is 15.8. The maximum Gasteiger partial charge on any atom is 0.407 e. The number of hydrogen-bond acceptors (Lipinski definition) is 4. The number of alkyl carbamates (subject to hydrolysis) is 1. The first-order chi connectivity index (χ1) is 13.6. The lowest BCUT2D eigenvalue weighted by atomic mass is 10.1. The number of ether oxygens (including phenoxy) is 1. The Balaban J connectivity index is 0.000000397. The molecule has 0 spiro atoms. The molecule has 0 radical (unpaired) electrons. The Morgan fingerprint density at radius 3 is 2.54 bits per heavy atom. The minimum atomic E-state index is -1.09. The molecule has 7 nitrogen and oxygen atoms in total. The smallest absolute Gasteiger partial charge is 0.407 e. The molecule has 0 aliphatic carbocycles. The zero-order chi connectivity index (χ0) is 20.2. The number of hydrogen-bond donors (Lipinski definition) is 3. The quantitative estimate of drug-likeness (QED) is 0.539. The Morgan fingerprint density at radius 2 is 1.93 bits per heavy atom. The van der Waals surface area contributed by atoms with Crippen molar-refractivity contribution in [3.05, 3.63) is 66.6 Å². The minimum absolute atomic E-state index is 0.197. The molecule has 2 heterocycles. The van der Waals surface area contributed by atoms with Crippen LogP contribution in [0.25, 0.3) is 10.9 Å². The number of fused-ring (bicyclic) bond motifs is 1. The van der Waals surface area contributed by atoms with Gasteiger partial charge in [-0.2, -0.15) is 0 Å². The van der Waals surface area contributed by atoms with Crippen LogP contribution < -0.4 is 5.32 Å². The molecule has 0 saturated heterocycles. The SMILES string of the molecule is CCCCOC(=O)NC(Cc1c[nH]c2ccccc12)C(=O)O.c1ccncc1. The first-order valence-electron chi connectivity index (χ1n) is 9.18. The predicted octanol–water partition coefficient (Wildman–Crippen LogP) is 3.77. The summed E-state index contributed by atoms with van der Waals surface area (Å²) in [5.74, 6) is -1.09. The van der Waals surface area contributed by atoms with Crippen molar-refractivity contribution in [3.63, 3.8) is 0 Å². The van der Waals surface area contributed by atoms with Crippen LogP contribution in [0.5, 0.6) is 0 Å². The van der Waals surface area contributed by atoms with E-state index in [-0.39, 0.29) is 6.42 Å². The average molecular weight is 383 g/mol. The van der Waals surface area contributed by atoms with Gasteiger partial charge in [-0.25, -0.2) is 9.59 Å². The van der Waals surface area contributed by atoms with Crippen LogP contribution in [0, 0.1) is 0 Å². The van der Waals surface area contributed by atoms with Crippen molar-refractivity contribution in [1.29, 1.82) is 0 Å². The summed E-state index contributed by atoms with van der Waals surface area (Å²) in [4.78, 5) is 29.8. The van der Waals surface area contributed by atoms with E-state index in [1.165, 1.54) is 0 Å². The summed E-state index contributed by atoms with van der Waals surface area (Å²) >= 11 is 0. The third-order valence-electron chi connectivity index (χ3n) is 3.99. The molecular weight excluding hydrogens is 358 g/mol. The summed E-state index contributed by atoms with van der Waals surface area (Å²) in [5, 5.41) is 12.6. The second-order valence-electron chi connectivity index (χ2n) is 6.11. The topological polar surface area (TPSA) is 104 Å². The van der Waals surface area contributed by atoms with Gasteiger partial charge in [0.15, 0.2) is 0 Å². The molecule has 1 atom stereocenters. The molecule has 0 bridgehead atoms. The summed E-state index contributed by atoms with van der Waals surface area (Å²) in [5.41, 5.74) is 1.78. The van der Waals surface area contributed by atoms with Crippen molar-refractivity contribution in [2.45, 2.75) is 32.2 Å². The number of aliphatic carboxylic acids is 1. The third kappa shape index (κ3) is 6.75. The third-order valence-corrected chi connectivity index (χ3v) is 3.99. The van der Waals surface area contributed by atoms with Gasteiger partial charge in [-0.3, -0.25) is 4.98 Å². The van der Waals surface area contributed by atoms with E-state index in [0.29, 0.717) is 6.61 Å². The number of carboxylic acids is 1. The number of nitrogens with one attached hydrogen (secondary N) is 2. The number of carboxylic acid groups (broad SMARTS) is 1. The van der Waals surface area contributed by atoms with Gasteiger partial charge in [-0.15, -0.1) is 0 Å². The number of nitrogens with zero attached hydrogens (tertiary/aromatic N) is 1. The van der Waals surface area contributed by atoms with Crippen LogP contribution in [0.3, 0.4) is 0 Å². The lowest BCUT2D eigenvalue weighted by Crippen LogP contribution is -2.42. The number of unbranched alkanes of at least 4 members (excludes halogenated alkanes) is 1. The van der Waals surface area contributed by atoms with Crippen LogP contribution in [-0.2, 0) is 16.0 Å². The number of pyridine rings is 1. The lowest BCUT2D eigenvalue weighted by molar-refractivity contribution is -0.139. The maximum atomic E-state index is 11.6. The van der Waals surface area contributed by atoms with Gasteiger partial charge in [-0.1, -0.05) is 37.6 Å². The molecule has 0 aliphatic rings. The Kier molecular flexibility index (Phi) is 8.52. The number of H-pyrrole nitrogens is 1. The highest BCUT2D eigenvalue weighted by atomic mass is 16.5. The number of para-hydroxylation sites is 1. The van der Waals surface area contributed by atoms with Crippen LogP contribution in [-0.4, -0.2) is 39.8 Å². The van der Waals surface area contributed by atoms with Gasteiger partial charge >= 0.3 is 12.1 Å². The van der Waals surface area contributed by atoms with Crippen LogP contribution in [0.1, 0.15) is 25.3 Å². The fraction of sp³-hybridized carbons (Fsp3) is 0.286. The van der Waals surface area contributed by atoms with Crippen molar-refractivity contribution in [3.8, 4) is 0 Å².